The first-order chi connectivity index (χ1) is 47.4. The van der Waals surface area contributed by atoms with Crippen LogP contribution in [0.25, 0.3) is 66.5 Å². The molecule has 16 nitrogen and oxygen atoms in total. The van der Waals surface area contributed by atoms with E-state index in [2.05, 4.69) is 31.2 Å². The SMILES string of the molecule is CCOC(=O)C(Cl)c1ccccc1.COc1cc(Cn2c3ccccc3c3c(O)cccc32)ccc1OCc1nc(-c2ccccc2)oc1C.COc1cc(Cn2c3ccccc3c3c(OC(C(=O)O)c4ccccc4)cccc32)ccc1OCc1nc(-c2ccccc2)oc1C. The summed E-state index contributed by atoms with van der Waals surface area (Å²) in [5.74, 6) is 4.39. The monoisotopic (exact) mass is 1310 g/mol. The van der Waals surface area contributed by atoms with Crippen molar-refractivity contribution in [3.05, 3.63) is 288 Å². The van der Waals surface area contributed by atoms with E-state index < -0.39 is 23.4 Å². The van der Waals surface area contributed by atoms with Crippen molar-refractivity contribution in [3.63, 3.8) is 0 Å². The number of fused-ring (bicyclic) bond motifs is 6. The lowest BCUT2D eigenvalue weighted by Gasteiger charge is -2.17. The van der Waals surface area contributed by atoms with Gasteiger partial charge in [-0.05, 0) is 122 Å². The number of aromatic nitrogens is 4. The average Bonchev–Trinajstić information content (AvgIpc) is 1.61. The number of aromatic hydroxyl groups is 1. The van der Waals surface area contributed by atoms with Gasteiger partial charge in [-0.25, -0.2) is 14.8 Å². The largest absolute Gasteiger partial charge is 0.507 e. The number of carbonyl (C=O) groups excluding carboxylic acids is 1. The smallest absolute Gasteiger partial charge is 0.349 e. The van der Waals surface area contributed by atoms with Gasteiger partial charge >= 0.3 is 11.9 Å². The van der Waals surface area contributed by atoms with Crippen LogP contribution in [0.15, 0.2) is 251 Å². The third-order valence-electron chi connectivity index (χ3n) is 16.4. The van der Waals surface area contributed by atoms with Crippen LogP contribution in [0.5, 0.6) is 34.5 Å². The molecule has 0 bridgehead atoms. The third kappa shape index (κ3) is 14.6. The molecule has 0 aliphatic rings. The Morgan fingerprint density at radius 3 is 1.41 bits per heavy atom. The number of para-hydroxylation sites is 2. The molecule has 17 heteroatoms. The second-order valence-electron chi connectivity index (χ2n) is 22.6. The fourth-order valence-electron chi connectivity index (χ4n) is 11.6. The maximum atomic E-state index is 12.3. The standard InChI is InChI=1S/C39H32N2O6.C31H26N2O4.C10H11ClO2/c1-25-30(40-38(46-25)28-14-7-4-8-15-28)24-45-33-21-20-26(22-35(33)44-2)23-41-31-17-10-9-16-29(31)36-32(41)18-11-19-34(36)47-37(39(42)43)27-12-5-3-6-13-27;1-20-24(32-31(37-20)22-9-4-3-5-10-22)19-36-28-16-15-21(17-29(28)35-2)18-33-25-12-7-6-11-23(25)30-26(33)13-8-14-27(30)34;1-2-13-10(12)9(11)8-6-4-3-5-7-8/h3-22,37H,23-24H2,1-2H3,(H,42,43);3-17,34H,18-19H2,1-2H3;3-7,9H,2H2,1H3. The van der Waals surface area contributed by atoms with Crippen LogP contribution in [0.1, 0.15) is 63.6 Å². The van der Waals surface area contributed by atoms with Gasteiger partial charge in [-0.3, -0.25) is 4.79 Å². The van der Waals surface area contributed by atoms with Gasteiger partial charge in [0.05, 0.1) is 31.9 Å². The number of aryl methyl sites for hydroxylation is 2. The summed E-state index contributed by atoms with van der Waals surface area (Å²) in [4.78, 5) is 32.7. The Labute approximate surface area is 565 Å². The first-order valence-corrected chi connectivity index (χ1v) is 31.9. The predicted octanol–water partition coefficient (Wildman–Crippen LogP) is 18.2. The highest BCUT2D eigenvalue weighted by Crippen LogP contribution is 2.41. The van der Waals surface area contributed by atoms with E-state index in [4.69, 9.17) is 48.9 Å². The summed E-state index contributed by atoms with van der Waals surface area (Å²) in [6, 6.07) is 77.1. The molecule has 0 spiro atoms. The number of phenolic OH excluding ortho intramolecular Hbond substituents is 1. The number of aliphatic carboxylic acids is 1. The van der Waals surface area contributed by atoms with Crippen LogP contribution in [-0.4, -0.2) is 62.1 Å². The Kier molecular flexibility index (Phi) is 20.3. The molecule has 0 radical (unpaired) electrons. The highest BCUT2D eigenvalue weighted by molar-refractivity contribution is 6.30. The number of benzene rings is 10. The average molecular weight is 1310 g/mol. The minimum absolute atomic E-state index is 0.230. The van der Waals surface area contributed by atoms with E-state index in [1.807, 2.05) is 214 Å². The number of carboxylic acid groups (broad SMARTS) is 1. The van der Waals surface area contributed by atoms with Crippen molar-refractivity contribution in [2.75, 3.05) is 20.8 Å². The summed E-state index contributed by atoms with van der Waals surface area (Å²) in [6.07, 6.45) is -1.15. The van der Waals surface area contributed by atoms with Crippen molar-refractivity contribution in [1.82, 2.24) is 19.1 Å². The fourth-order valence-corrected chi connectivity index (χ4v) is 11.8. The lowest BCUT2D eigenvalue weighted by molar-refractivity contribution is -0.145. The van der Waals surface area contributed by atoms with Gasteiger partial charge in [0.2, 0.25) is 17.9 Å². The van der Waals surface area contributed by atoms with Crippen LogP contribution in [0.4, 0.5) is 0 Å². The molecule has 488 valence electrons. The fraction of sp³-hybridized carbons (Fsp3) is 0.150. The number of halogens is 1. The van der Waals surface area contributed by atoms with E-state index in [-0.39, 0.29) is 19.0 Å². The van der Waals surface area contributed by atoms with Crippen molar-refractivity contribution >= 4 is 67.2 Å². The van der Waals surface area contributed by atoms with Gasteiger partial charge in [0.1, 0.15) is 47.6 Å². The zero-order valence-electron chi connectivity index (χ0n) is 53.9. The first-order valence-electron chi connectivity index (χ1n) is 31.5. The van der Waals surface area contributed by atoms with Crippen LogP contribution in [-0.2, 0) is 40.6 Å². The number of phenols is 1. The Hall–Kier alpha value is -11.8. The van der Waals surface area contributed by atoms with Gasteiger partial charge in [0.25, 0.3) is 0 Å². The molecule has 2 atom stereocenters. The lowest BCUT2D eigenvalue weighted by atomic mass is 10.1. The Morgan fingerprint density at radius 2 is 0.928 bits per heavy atom. The summed E-state index contributed by atoms with van der Waals surface area (Å²) in [5, 5.41) is 23.6. The quantitative estimate of drug-likeness (QED) is 0.0510. The van der Waals surface area contributed by atoms with E-state index in [1.54, 1.807) is 51.5 Å². The van der Waals surface area contributed by atoms with E-state index in [0.717, 1.165) is 88.6 Å². The maximum Gasteiger partial charge on any atom is 0.349 e. The van der Waals surface area contributed by atoms with Gasteiger partial charge < -0.3 is 56.6 Å². The number of hydrogen-bond donors (Lipinski definition) is 2. The topological polar surface area (TPSA) is 192 Å². The van der Waals surface area contributed by atoms with Crippen molar-refractivity contribution in [3.8, 4) is 57.4 Å². The summed E-state index contributed by atoms with van der Waals surface area (Å²) in [5.41, 5.74) is 10.7. The predicted molar refractivity (Wildman–Crippen MR) is 376 cm³/mol. The molecule has 4 heterocycles. The van der Waals surface area contributed by atoms with E-state index in [9.17, 15) is 19.8 Å². The van der Waals surface area contributed by atoms with Crippen LogP contribution in [0, 0.1) is 13.8 Å². The molecule has 0 saturated heterocycles. The lowest BCUT2D eigenvalue weighted by Crippen LogP contribution is -2.18. The van der Waals surface area contributed by atoms with E-state index in [0.29, 0.717) is 71.5 Å². The molecule has 0 fully saturated rings. The van der Waals surface area contributed by atoms with Gasteiger partial charge in [-0.15, -0.1) is 11.6 Å². The Bertz CT molecular complexity index is 5030. The number of carboxylic acids is 1. The number of ether oxygens (including phenoxy) is 6. The molecule has 2 N–H and O–H groups in total. The summed E-state index contributed by atoms with van der Waals surface area (Å²) < 4.78 is 50.9. The number of oxazole rings is 2. The molecule has 0 amide bonds. The zero-order chi connectivity index (χ0) is 67.4. The third-order valence-corrected chi connectivity index (χ3v) is 16.8. The van der Waals surface area contributed by atoms with Crippen molar-refractivity contribution < 1.29 is 57.1 Å². The van der Waals surface area contributed by atoms with E-state index in [1.165, 1.54) is 0 Å². The van der Waals surface area contributed by atoms with Crippen LogP contribution in [0.2, 0.25) is 0 Å². The van der Waals surface area contributed by atoms with Crippen LogP contribution < -0.4 is 23.7 Å². The van der Waals surface area contributed by atoms with Crippen molar-refractivity contribution in [2.45, 2.75) is 58.6 Å². The molecule has 2 unspecified atom stereocenters. The summed E-state index contributed by atoms with van der Waals surface area (Å²) in [7, 11) is 3.26. The van der Waals surface area contributed by atoms with Gasteiger partial charge in [-0.2, -0.15) is 0 Å². The second-order valence-corrected chi connectivity index (χ2v) is 23.1. The van der Waals surface area contributed by atoms with Crippen molar-refractivity contribution in [2.24, 2.45) is 0 Å². The highest BCUT2D eigenvalue weighted by atomic mass is 35.5. The van der Waals surface area contributed by atoms with Crippen LogP contribution in [0.3, 0.4) is 0 Å². The number of esters is 1. The maximum absolute atomic E-state index is 12.3. The first kappa shape index (κ1) is 65.3. The number of rotatable bonds is 21. The Morgan fingerprint density at radius 1 is 0.495 bits per heavy atom. The zero-order valence-corrected chi connectivity index (χ0v) is 54.7. The molecule has 4 aromatic heterocycles. The van der Waals surface area contributed by atoms with Gasteiger partial charge in [-0.1, -0.05) is 158 Å². The Balaban J connectivity index is 0.000000159. The second kappa shape index (κ2) is 30.1. The minimum atomic E-state index is -1.15. The molecule has 0 aliphatic carbocycles. The molecule has 0 saturated carbocycles. The number of alkyl halides is 1. The van der Waals surface area contributed by atoms with Crippen LogP contribution >= 0.6 is 11.6 Å². The number of carbonyl (C=O) groups is 2. The number of methoxy groups -OCH3 is 2. The molecule has 97 heavy (non-hydrogen) atoms. The molecule has 10 aromatic carbocycles. The molecular weight excluding hydrogens is 1240 g/mol. The normalized spacial score (nSPS) is 11.7. The number of hydrogen-bond acceptors (Lipinski definition) is 13. The van der Waals surface area contributed by atoms with E-state index >= 15 is 0 Å². The highest BCUT2D eigenvalue weighted by Gasteiger charge is 2.26. The van der Waals surface area contributed by atoms with Gasteiger partial charge in [0.15, 0.2) is 28.4 Å². The molecular formula is C80H69ClN4O12. The molecule has 14 aromatic rings. The van der Waals surface area contributed by atoms with Crippen molar-refractivity contribution in [1.29, 1.82) is 0 Å². The van der Waals surface area contributed by atoms with Gasteiger partial charge in [0, 0.05) is 62.4 Å². The summed E-state index contributed by atoms with van der Waals surface area (Å²) >= 11 is 5.86. The minimum Gasteiger partial charge on any atom is -0.507 e. The summed E-state index contributed by atoms with van der Waals surface area (Å²) in [6.45, 7) is 7.53. The molecule has 0 aliphatic heterocycles. The number of nitrogens with zero attached hydrogens (tertiary/aromatic N) is 4. The molecule has 14 rings (SSSR count).